The summed E-state index contributed by atoms with van der Waals surface area (Å²) in [6.07, 6.45) is 1.10. The molecule has 2 heteroatoms. The topological polar surface area (TPSA) is 24.4 Å². The molecule has 1 rings (SSSR count). The maximum atomic E-state index is 4.32. The normalized spacial score (nSPS) is 32.8. The Morgan fingerprint density at radius 1 is 1.55 bits per heavy atom. The molecule has 1 aliphatic rings. The van der Waals surface area contributed by atoms with Crippen LogP contribution in [-0.2, 0) is 0 Å². The molecule has 64 valence electrons. The van der Waals surface area contributed by atoms with Crippen LogP contribution in [0.3, 0.4) is 0 Å². The third kappa shape index (κ3) is 1.80. The second-order valence-corrected chi connectivity index (χ2v) is 3.31. The first-order valence-electron chi connectivity index (χ1n) is 4.45. The second-order valence-electron chi connectivity index (χ2n) is 3.31. The highest BCUT2D eigenvalue weighted by atomic mass is 14.9. The van der Waals surface area contributed by atoms with Gasteiger partial charge in [0.15, 0.2) is 0 Å². The number of rotatable bonds is 2. The predicted molar refractivity (Wildman–Crippen MR) is 49.2 cm³/mol. The zero-order valence-electron chi connectivity index (χ0n) is 7.72. The van der Waals surface area contributed by atoms with Crippen LogP contribution in [0.1, 0.15) is 20.3 Å². The van der Waals surface area contributed by atoms with Crippen LogP contribution in [0, 0.1) is 11.8 Å². The van der Waals surface area contributed by atoms with Crippen LogP contribution in [-0.4, -0.2) is 25.8 Å². The molecule has 0 spiro atoms. The van der Waals surface area contributed by atoms with Gasteiger partial charge in [-0.2, -0.15) is 0 Å². The molecular formula is C9H18N2. The fraction of sp³-hybridized carbons (Fsp3) is 0.889. The number of aliphatic imine (C=N–C) groups is 1. The lowest BCUT2D eigenvalue weighted by atomic mass is 9.91. The zero-order valence-corrected chi connectivity index (χ0v) is 7.72. The maximum Gasteiger partial charge on any atom is 0.0276 e. The van der Waals surface area contributed by atoms with Gasteiger partial charge in [0.25, 0.3) is 0 Å². The lowest BCUT2D eigenvalue weighted by molar-refractivity contribution is 0.564. The largest absolute Gasteiger partial charge is 0.316 e. The van der Waals surface area contributed by atoms with E-state index in [2.05, 4.69) is 24.2 Å². The van der Waals surface area contributed by atoms with Gasteiger partial charge in [-0.1, -0.05) is 13.8 Å². The van der Waals surface area contributed by atoms with Gasteiger partial charge in [-0.05, 0) is 18.9 Å². The minimum atomic E-state index is 0.699. The van der Waals surface area contributed by atoms with E-state index in [1.54, 1.807) is 0 Å². The van der Waals surface area contributed by atoms with Crippen LogP contribution in [0.25, 0.3) is 0 Å². The van der Waals surface area contributed by atoms with Gasteiger partial charge in [-0.3, -0.25) is 4.99 Å². The molecule has 2 unspecified atom stereocenters. The van der Waals surface area contributed by atoms with E-state index in [1.165, 1.54) is 5.71 Å². The summed E-state index contributed by atoms with van der Waals surface area (Å²) in [5.41, 5.74) is 1.38. The van der Waals surface area contributed by atoms with E-state index in [9.17, 15) is 0 Å². The Labute approximate surface area is 69.1 Å². The van der Waals surface area contributed by atoms with Crippen LogP contribution >= 0.6 is 0 Å². The average molecular weight is 154 g/mol. The highest BCUT2D eigenvalue weighted by Gasteiger charge is 2.25. The minimum absolute atomic E-state index is 0.699. The fourth-order valence-corrected chi connectivity index (χ4v) is 1.84. The Morgan fingerprint density at radius 3 is 2.64 bits per heavy atom. The van der Waals surface area contributed by atoms with Crippen molar-refractivity contribution in [2.45, 2.75) is 20.3 Å². The van der Waals surface area contributed by atoms with Crippen molar-refractivity contribution in [2.24, 2.45) is 16.8 Å². The van der Waals surface area contributed by atoms with Crippen LogP contribution < -0.4 is 5.32 Å². The quantitative estimate of drug-likeness (QED) is 0.596. The highest BCUT2D eigenvalue weighted by molar-refractivity contribution is 5.87. The first-order valence-corrected chi connectivity index (χ1v) is 4.45. The van der Waals surface area contributed by atoms with E-state index in [0.717, 1.165) is 25.4 Å². The Kier molecular flexibility index (Phi) is 3.06. The third-order valence-corrected chi connectivity index (χ3v) is 2.59. The van der Waals surface area contributed by atoms with Crippen molar-refractivity contribution in [2.75, 3.05) is 20.1 Å². The first-order chi connectivity index (χ1) is 5.29. The highest BCUT2D eigenvalue weighted by Crippen LogP contribution is 2.18. The standard InChI is InChI=1S/C9H18N2/c1-4-9(10-3)8-6-11-5-7(8)2/h7-8,11H,4-6H2,1-3H3. The number of nitrogens with one attached hydrogen (secondary N) is 1. The first kappa shape index (κ1) is 8.72. The summed E-state index contributed by atoms with van der Waals surface area (Å²) in [4.78, 5) is 4.32. The molecule has 1 aliphatic heterocycles. The summed E-state index contributed by atoms with van der Waals surface area (Å²) in [7, 11) is 1.91. The molecule has 1 heterocycles. The van der Waals surface area contributed by atoms with E-state index in [1.807, 2.05) is 7.05 Å². The maximum absolute atomic E-state index is 4.32. The van der Waals surface area contributed by atoms with Crippen LogP contribution in [0.4, 0.5) is 0 Å². The van der Waals surface area contributed by atoms with Gasteiger partial charge in [0, 0.05) is 25.2 Å². The fourth-order valence-electron chi connectivity index (χ4n) is 1.84. The summed E-state index contributed by atoms with van der Waals surface area (Å²) < 4.78 is 0. The smallest absolute Gasteiger partial charge is 0.0276 e. The zero-order chi connectivity index (χ0) is 8.27. The molecule has 0 bridgehead atoms. The molecule has 0 aromatic heterocycles. The molecular weight excluding hydrogens is 136 g/mol. The molecule has 0 aliphatic carbocycles. The monoisotopic (exact) mass is 154 g/mol. The van der Waals surface area contributed by atoms with Gasteiger partial charge in [0.05, 0.1) is 0 Å². The van der Waals surface area contributed by atoms with Crippen molar-refractivity contribution in [3.05, 3.63) is 0 Å². The molecule has 0 aromatic rings. The third-order valence-electron chi connectivity index (χ3n) is 2.59. The van der Waals surface area contributed by atoms with E-state index in [4.69, 9.17) is 0 Å². The number of hydrogen-bond acceptors (Lipinski definition) is 2. The van der Waals surface area contributed by atoms with Crippen molar-refractivity contribution in [1.29, 1.82) is 0 Å². The van der Waals surface area contributed by atoms with Crippen LogP contribution in [0.15, 0.2) is 4.99 Å². The lowest BCUT2D eigenvalue weighted by Gasteiger charge is -2.14. The SMILES string of the molecule is CCC(=NC)C1CNCC1C. The predicted octanol–water partition coefficient (Wildman–Crippen LogP) is 1.32. The van der Waals surface area contributed by atoms with Gasteiger partial charge in [-0.25, -0.2) is 0 Å². The van der Waals surface area contributed by atoms with Crippen molar-refractivity contribution >= 4 is 5.71 Å². The van der Waals surface area contributed by atoms with Gasteiger partial charge < -0.3 is 5.32 Å². The van der Waals surface area contributed by atoms with E-state index in [0.29, 0.717) is 5.92 Å². The second kappa shape index (κ2) is 3.86. The average Bonchev–Trinajstić information content (AvgIpc) is 2.40. The van der Waals surface area contributed by atoms with E-state index < -0.39 is 0 Å². The summed E-state index contributed by atoms with van der Waals surface area (Å²) in [6, 6.07) is 0. The number of hydrogen-bond donors (Lipinski definition) is 1. The van der Waals surface area contributed by atoms with Crippen molar-refractivity contribution in [3.8, 4) is 0 Å². The van der Waals surface area contributed by atoms with Gasteiger partial charge in [-0.15, -0.1) is 0 Å². The Bertz CT molecular complexity index is 152. The molecule has 1 N–H and O–H groups in total. The summed E-state index contributed by atoms with van der Waals surface area (Å²) >= 11 is 0. The number of nitrogens with zero attached hydrogens (tertiary/aromatic N) is 1. The molecule has 2 atom stereocenters. The Morgan fingerprint density at radius 2 is 2.27 bits per heavy atom. The molecule has 0 amide bonds. The van der Waals surface area contributed by atoms with E-state index >= 15 is 0 Å². The van der Waals surface area contributed by atoms with Crippen molar-refractivity contribution in [3.63, 3.8) is 0 Å². The van der Waals surface area contributed by atoms with Gasteiger partial charge in [0.1, 0.15) is 0 Å². The Balaban J connectivity index is 2.57. The summed E-state index contributed by atoms with van der Waals surface area (Å²) in [6.45, 7) is 6.77. The van der Waals surface area contributed by atoms with Crippen LogP contribution in [0.2, 0.25) is 0 Å². The van der Waals surface area contributed by atoms with E-state index in [-0.39, 0.29) is 0 Å². The van der Waals surface area contributed by atoms with Gasteiger partial charge in [0.2, 0.25) is 0 Å². The summed E-state index contributed by atoms with van der Waals surface area (Å²) in [5.74, 6) is 1.47. The summed E-state index contributed by atoms with van der Waals surface area (Å²) in [5, 5.41) is 3.39. The molecule has 0 radical (unpaired) electrons. The molecule has 2 nitrogen and oxygen atoms in total. The molecule has 11 heavy (non-hydrogen) atoms. The molecule has 1 saturated heterocycles. The molecule has 0 saturated carbocycles. The van der Waals surface area contributed by atoms with Crippen molar-refractivity contribution < 1.29 is 0 Å². The Hall–Kier alpha value is -0.370. The lowest BCUT2D eigenvalue weighted by Crippen LogP contribution is -2.20. The molecule has 0 aromatic carbocycles. The minimum Gasteiger partial charge on any atom is -0.316 e. The molecule has 1 fully saturated rings. The van der Waals surface area contributed by atoms with Crippen molar-refractivity contribution in [1.82, 2.24) is 5.32 Å². The van der Waals surface area contributed by atoms with Gasteiger partial charge >= 0.3 is 0 Å². The van der Waals surface area contributed by atoms with Crippen LogP contribution in [0.5, 0.6) is 0 Å².